The van der Waals surface area contributed by atoms with Gasteiger partial charge in [-0.25, -0.2) is 8.42 Å². The Morgan fingerprint density at radius 3 is 2.56 bits per heavy atom. The van der Waals surface area contributed by atoms with Gasteiger partial charge in [-0.3, -0.25) is 9.88 Å². The summed E-state index contributed by atoms with van der Waals surface area (Å²) in [6.45, 7) is 4.00. The van der Waals surface area contributed by atoms with Gasteiger partial charge < -0.3 is 0 Å². The molecule has 0 unspecified atom stereocenters. The zero-order valence-electron chi connectivity index (χ0n) is 9.39. The molecule has 0 saturated carbocycles. The second-order valence-electron chi connectivity index (χ2n) is 4.25. The van der Waals surface area contributed by atoms with Crippen molar-refractivity contribution >= 4 is 9.84 Å². The molecular formula is C11H16N2O2S. The van der Waals surface area contributed by atoms with E-state index in [-0.39, 0.29) is 11.5 Å². The summed E-state index contributed by atoms with van der Waals surface area (Å²) < 4.78 is 22.5. The molecule has 5 heteroatoms. The largest absolute Gasteiger partial charge is 0.295 e. The monoisotopic (exact) mass is 240 g/mol. The Morgan fingerprint density at radius 1 is 1.31 bits per heavy atom. The third-order valence-electron chi connectivity index (χ3n) is 2.80. The molecule has 0 atom stereocenters. The first kappa shape index (κ1) is 11.5. The van der Waals surface area contributed by atoms with E-state index in [2.05, 4.69) is 9.88 Å². The van der Waals surface area contributed by atoms with E-state index < -0.39 is 9.84 Å². The third-order valence-corrected chi connectivity index (χ3v) is 4.40. The van der Waals surface area contributed by atoms with E-state index in [1.165, 1.54) is 0 Å². The molecule has 0 amide bonds. The molecule has 0 radical (unpaired) electrons. The summed E-state index contributed by atoms with van der Waals surface area (Å²) in [7, 11) is -2.78. The lowest BCUT2D eigenvalue weighted by atomic mass is 10.2. The summed E-state index contributed by atoms with van der Waals surface area (Å²) in [5.41, 5.74) is 2.15. The maximum Gasteiger partial charge on any atom is 0.152 e. The van der Waals surface area contributed by atoms with Crippen LogP contribution in [0.15, 0.2) is 18.3 Å². The van der Waals surface area contributed by atoms with Crippen LogP contribution in [-0.4, -0.2) is 42.9 Å². The predicted octanol–water partition coefficient (Wildman–Crippen LogP) is 0.620. The van der Waals surface area contributed by atoms with Crippen molar-refractivity contribution in [3.05, 3.63) is 29.6 Å². The fourth-order valence-corrected chi connectivity index (χ4v) is 3.01. The minimum absolute atomic E-state index is 0.277. The van der Waals surface area contributed by atoms with Crippen molar-refractivity contribution in [1.82, 2.24) is 9.88 Å². The average molecular weight is 240 g/mol. The van der Waals surface area contributed by atoms with E-state index in [0.29, 0.717) is 13.1 Å². The van der Waals surface area contributed by atoms with Gasteiger partial charge >= 0.3 is 0 Å². The van der Waals surface area contributed by atoms with Crippen molar-refractivity contribution in [3.63, 3.8) is 0 Å². The van der Waals surface area contributed by atoms with Gasteiger partial charge in [0.05, 0.1) is 17.2 Å². The van der Waals surface area contributed by atoms with Crippen LogP contribution in [-0.2, 0) is 16.4 Å². The summed E-state index contributed by atoms with van der Waals surface area (Å²) in [6.07, 6.45) is 1.84. The van der Waals surface area contributed by atoms with E-state index in [9.17, 15) is 8.42 Å². The number of hydrogen-bond acceptors (Lipinski definition) is 4. The zero-order chi connectivity index (χ0) is 11.6. The molecule has 1 aromatic rings. The van der Waals surface area contributed by atoms with E-state index in [1.54, 1.807) is 0 Å². The van der Waals surface area contributed by atoms with Crippen LogP contribution < -0.4 is 0 Å². The normalized spacial score (nSPS) is 20.8. The second kappa shape index (κ2) is 4.51. The summed E-state index contributed by atoms with van der Waals surface area (Å²) in [6, 6.07) is 4.03. The van der Waals surface area contributed by atoms with Crippen LogP contribution in [0.3, 0.4) is 0 Å². The van der Waals surface area contributed by atoms with Gasteiger partial charge in [-0.05, 0) is 18.6 Å². The van der Waals surface area contributed by atoms with Gasteiger partial charge in [0.1, 0.15) is 0 Å². The third kappa shape index (κ3) is 3.02. The molecule has 0 spiro atoms. The maximum atomic E-state index is 11.3. The Kier molecular flexibility index (Phi) is 3.25. The Hall–Kier alpha value is -0.940. The topological polar surface area (TPSA) is 50.3 Å². The van der Waals surface area contributed by atoms with Crippen LogP contribution in [0.4, 0.5) is 0 Å². The Labute approximate surface area is 96.2 Å². The molecule has 1 saturated heterocycles. The lowest BCUT2D eigenvalue weighted by molar-refractivity contribution is 0.284. The number of rotatable bonds is 2. The lowest BCUT2D eigenvalue weighted by Gasteiger charge is -2.25. The van der Waals surface area contributed by atoms with Gasteiger partial charge in [0, 0.05) is 25.8 Å². The number of aromatic nitrogens is 1. The molecule has 0 N–H and O–H groups in total. The Bertz CT molecular complexity index is 439. The first-order valence-corrected chi connectivity index (χ1v) is 7.22. The van der Waals surface area contributed by atoms with Crippen LogP contribution in [0.2, 0.25) is 0 Å². The molecule has 1 aliphatic rings. The Balaban J connectivity index is 1.94. The second-order valence-corrected chi connectivity index (χ2v) is 6.56. The molecule has 0 aliphatic carbocycles. The number of pyridine rings is 1. The van der Waals surface area contributed by atoms with Crippen LogP contribution in [0, 0.1) is 6.92 Å². The summed E-state index contributed by atoms with van der Waals surface area (Å²) in [5, 5.41) is 0. The fraction of sp³-hybridized carbons (Fsp3) is 0.545. The van der Waals surface area contributed by atoms with Crippen molar-refractivity contribution in [3.8, 4) is 0 Å². The van der Waals surface area contributed by atoms with Gasteiger partial charge in [-0.2, -0.15) is 0 Å². The first-order valence-electron chi connectivity index (χ1n) is 5.39. The molecule has 0 bridgehead atoms. The van der Waals surface area contributed by atoms with Gasteiger partial charge in [-0.15, -0.1) is 0 Å². The molecule has 0 aromatic carbocycles. The van der Waals surface area contributed by atoms with Crippen molar-refractivity contribution in [1.29, 1.82) is 0 Å². The summed E-state index contributed by atoms with van der Waals surface area (Å²) in [4.78, 5) is 6.46. The highest BCUT2D eigenvalue weighted by molar-refractivity contribution is 7.91. The molecule has 1 aliphatic heterocycles. The van der Waals surface area contributed by atoms with Crippen molar-refractivity contribution in [2.45, 2.75) is 13.5 Å². The van der Waals surface area contributed by atoms with E-state index in [1.807, 2.05) is 25.3 Å². The highest BCUT2D eigenvalue weighted by Gasteiger charge is 2.21. The standard InChI is InChI=1S/C11H16N2O2S/c1-10-2-3-11(12-8-10)9-13-4-6-16(14,15)7-5-13/h2-3,8H,4-7,9H2,1H3. The summed E-state index contributed by atoms with van der Waals surface area (Å²) >= 11 is 0. The van der Waals surface area contributed by atoms with Crippen LogP contribution >= 0.6 is 0 Å². The summed E-state index contributed by atoms with van der Waals surface area (Å²) in [5.74, 6) is 0.553. The van der Waals surface area contributed by atoms with Crippen LogP contribution in [0.25, 0.3) is 0 Å². The fourth-order valence-electron chi connectivity index (χ4n) is 1.73. The lowest BCUT2D eigenvalue weighted by Crippen LogP contribution is -2.39. The van der Waals surface area contributed by atoms with E-state index >= 15 is 0 Å². The van der Waals surface area contributed by atoms with Crippen molar-refractivity contribution in [2.24, 2.45) is 0 Å². The number of sulfone groups is 1. The SMILES string of the molecule is Cc1ccc(CN2CCS(=O)(=O)CC2)nc1. The minimum atomic E-state index is -2.78. The molecule has 2 rings (SSSR count). The van der Waals surface area contributed by atoms with Crippen molar-refractivity contribution in [2.75, 3.05) is 24.6 Å². The van der Waals surface area contributed by atoms with Crippen LogP contribution in [0.1, 0.15) is 11.3 Å². The number of aryl methyl sites for hydroxylation is 1. The Morgan fingerprint density at radius 2 is 2.00 bits per heavy atom. The minimum Gasteiger partial charge on any atom is -0.295 e. The van der Waals surface area contributed by atoms with Crippen molar-refractivity contribution < 1.29 is 8.42 Å². The van der Waals surface area contributed by atoms with Gasteiger partial charge in [0.15, 0.2) is 9.84 Å². The first-order chi connectivity index (χ1) is 7.55. The number of nitrogens with zero attached hydrogens (tertiary/aromatic N) is 2. The molecule has 88 valence electrons. The highest BCUT2D eigenvalue weighted by atomic mass is 32.2. The molecule has 1 fully saturated rings. The highest BCUT2D eigenvalue weighted by Crippen LogP contribution is 2.08. The molecule has 2 heterocycles. The molecule has 1 aromatic heterocycles. The van der Waals surface area contributed by atoms with Gasteiger partial charge in [-0.1, -0.05) is 6.07 Å². The van der Waals surface area contributed by atoms with Crippen LogP contribution in [0.5, 0.6) is 0 Å². The molecular weight excluding hydrogens is 224 g/mol. The van der Waals surface area contributed by atoms with E-state index in [4.69, 9.17) is 0 Å². The zero-order valence-corrected chi connectivity index (χ0v) is 10.2. The maximum absolute atomic E-state index is 11.3. The number of hydrogen-bond donors (Lipinski definition) is 0. The quantitative estimate of drug-likeness (QED) is 0.760. The van der Waals surface area contributed by atoms with E-state index in [0.717, 1.165) is 17.8 Å². The molecule has 16 heavy (non-hydrogen) atoms. The van der Waals surface area contributed by atoms with Gasteiger partial charge in [0.2, 0.25) is 0 Å². The predicted molar refractivity (Wildman–Crippen MR) is 62.9 cm³/mol. The molecule has 4 nitrogen and oxygen atoms in total. The van der Waals surface area contributed by atoms with Gasteiger partial charge in [0.25, 0.3) is 0 Å². The smallest absolute Gasteiger partial charge is 0.152 e. The average Bonchev–Trinajstić information content (AvgIpc) is 2.24.